The second-order valence-electron chi connectivity index (χ2n) is 4.87. The van der Waals surface area contributed by atoms with E-state index in [0.29, 0.717) is 29.8 Å². The van der Waals surface area contributed by atoms with Gasteiger partial charge in [0.25, 0.3) is 0 Å². The molecule has 1 saturated carbocycles. The molecule has 0 spiro atoms. The lowest BCUT2D eigenvalue weighted by atomic mass is 10.1. The second-order valence-corrected chi connectivity index (χ2v) is 4.87. The molecule has 1 amide bonds. The van der Waals surface area contributed by atoms with Crippen LogP contribution in [0.5, 0.6) is 5.75 Å². The average Bonchev–Trinajstić information content (AvgIpc) is 3.20. The van der Waals surface area contributed by atoms with Crippen molar-refractivity contribution in [3.05, 3.63) is 60.2 Å². The molecule has 4 heteroatoms. The first kappa shape index (κ1) is 12.7. The molecular weight excluding hydrogens is 257 g/mol. The Morgan fingerprint density at radius 1 is 1.05 bits per heavy atom. The summed E-state index contributed by atoms with van der Waals surface area (Å²) >= 11 is 0. The Bertz CT molecular complexity index is 606. The van der Waals surface area contributed by atoms with Crippen LogP contribution < -0.4 is 10.1 Å². The number of amides is 1. The van der Waals surface area contributed by atoms with E-state index in [-0.39, 0.29) is 0 Å². The summed E-state index contributed by atoms with van der Waals surface area (Å²) in [5, 5.41) is 2.61. The summed E-state index contributed by atoms with van der Waals surface area (Å²) in [7, 11) is 0. The molecular formula is C16H14FNO2. The standard InChI is InChI=1S/C16H14FNO2/c17-16(10-11-16)12-6-8-13(9-7-12)18-15(19)20-14-4-2-1-3-5-14/h1-9H,10-11H2,(H,18,19). The summed E-state index contributed by atoms with van der Waals surface area (Å²) in [4.78, 5) is 11.7. The summed E-state index contributed by atoms with van der Waals surface area (Å²) in [5.74, 6) is 0.474. The van der Waals surface area contributed by atoms with Crippen LogP contribution in [0.4, 0.5) is 14.9 Å². The van der Waals surface area contributed by atoms with Gasteiger partial charge in [-0.1, -0.05) is 30.3 Å². The molecule has 0 saturated heterocycles. The highest BCUT2D eigenvalue weighted by molar-refractivity contribution is 5.86. The minimum atomic E-state index is -1.15. The maximum Gasteiger partial charge on any atom is 0.417 e. The van der Waals surface area contributed by atoms with Gasteiger partial charge >= 0.3 is 6.09 Å². The summed E-state index contributed by atoms with van der Waals surface area (Å²) in [6, 6.07) is 15.6. The van der Waals surface area contributed by atoms with E-state index < -0.39 is 11.8 Å². The number of alkyl halides is 1. The zero-order valence-corrected chi connectivity index (χ0v) is 10.8. The maximum absolute atomic E-state index is 13.8. The van der Waals surface area contributed by atoms with E-state index in [1.165, 1.54) is 0 Å². The molecule has 1 N–H and O–H groups in total. The molecule has 1 fully saturated rings. The lowest BCUT2D eigenvalue weighted by Crippen LogP contribution is -2.16. The van der Waals surface area contributed by atoms with Crippen LogP contribution in [0.3, 0.4) is 0 Å². The second kappa shape index (κ2) is 4.96. The fraction of sp³-hybridized carbons (Fsp3) is 0.188. The molecule has 0 aromatic heterocycles. The third-order valence-corrected chi connectivity index (χ3v) is 3.29. The number of carbonyl (C=O) groups excluding carboxylic acids is 1. The van der Waals surface area contributed by atoms with Crippen LogP contribution in [0.25, 0.3) is 0 Å². The molecule has 3 nitrogen and oxygen atoms in total. The lowest BCUT2D eigenvalue weighted by Gasteiger charge is -2.08. The minimum Gasteiger partial charge on any atom is -0.410 e. The number of benzene rings is 2. The minimum absolute atomic E-state index is 0.474. The summed E-state index contributed by atoms with van der Waals surface area (Å²) in [5.41, 5.74) is 0.0988. The quantitative estimate of drug-likeness (QED) is 0.906. The van der Waals surface area contributed by atoms with Gasteiger partial charge in [-0.25, -0.2) is 9.18 Å². The topological polar surface area (TPSA) is 38.3 Å². The van der Waals surface area contributed by atoms with Gasteiger partial charge in [-0.05, 0) is 42.7 Å². The first-order valence-corrected chi connectivity index (χ1v) is 6.49. The van der Waals surface area contributed by atoms with E-state index in [4.69, 9.17) is 4.74 Å². The number of ether oxygens (including phenoxy) is 1. The predicted octanol–water partition coefficient (Wildman–Crippen LogP) is 4.26. The summed E-state index contributed by atoms with van der Waals surface area (Å²) in [6.07, 6.45) is 0.594. The van der Waals surface area contributed by atoms with Crippen molar-refractivity contribution in [1.82, 2.24) is 0 Å². The molecule has 1 aliphatic carbocycles. The molecule has 20 heavy (non-hydrogen) atoms. The van der Waals surface area contributed by atoms with Crippen molar-refractivity contribution in [2.75, 3.05) is 5.32 Å². The van der Waals surface area contributed by atoms with Crippen molar-refractivity contribution < 1.29 is 13.9 Å². The molecule has 0 radical (unpaired) electrons. The number of anilines is 1. The van der Waals surface area contributed by atoms with Gasteiger partial charge in [0.05, 0.1) is 0 Å². The maximum atomic E-state index is 13.8. The van der Waals surface area contributed by atoms with Gasteiger partial charge in [-0.15, -0.1) is 0 Å². The number of halogens is 1. The van der Waals surface area contributed by atoms with E-state index in [9.17, 15) is 9.18 Å². The molecule has 1 aliphatic rings. The van der Waals surface area contributed by atoms with Crippen LogP contribution in [-0.4, -0.2) is 6.09 Å². The largest absolute Gasteiger partial charge is 0.417 e. The number of hydrogen-bond donors (Lipinski definition) is 1. The zero-order valence-electron chi connectivity index (χ0n) is 10.8. The van der Waals surface area contributed by atoms with Crippen LogP contribution in [0.15, 0.2) is 54.6 Å². The van der Waals surface area contributed by atoms with E-state index in [2.05, 4.69) is 5.32 Å². The molecule has 2 aromatic rings. The highest BCUT2D eigenvalue weighted by atomic mass is 19.1. The fourth-order valence-corrected chi connectivity index (χ4v) is 1.99. The van der Waals surface area contributed by atoms with E-state index >= 15 is 0 Å². The number of carbonyl (C=O) groups is 1. The SMILES string of the molecule is O=C(Nc1ccc(C2(F)CC2)cc1)Oc1ccccc1. The third kappa shape index (κ3) is 2.79. The van der Waals surface area contributed by atoms with Crippen LogP contribution in [0.2, 0.25) is 0 Å². The number of hydrogen-bond acceptors (Lipinski definition) is 2. The zero-order chi connectivity index (χ0) is 14.0. The Kier molecular flexibility index (Phi) is 3.14. The van der Waals surface area contributed by atoms with Gasteiger partial charge in [0.2, 0.25) is 0 Å². The van der Waals surface area contributed by atoms with Crippen molar-refractivity contribution in [3.63, 3.8) is 0 Å². The monoisotopic (exact) mass is 271 g/mol. The smallest absolute Gasteiger partial charge is 0.410 e. The number of para-hydroxylation sites is 1. The van der Waals surface area contributed by atoms with Crippen molar-refractivity contribution in [3.8, 4) is 5.75 Å². The first-order valence-electron chi connectivity index (χ1n) is 6.49. The highest BCUT2D eigenvalue weighted by Crippen LogP contribution is 2.49. The molecule has 0 unspecified atom stereocenters. The first-order chi connectivity index (χ1) is 9.66. The van der Waals surface area contributed by atoms with Crippen LogP contribution in [0, 0.1) is 0 Å². The third-order valence-electron chi connectivity index (χ3n) is 3.29. The van der Waals surface area contributed by atoms with Crippen molar-refractivity contribution in [2.24, 2.45) is 0 Å². The summed E-state index contributed by atoms with van der Waals surface area (Å²) in [6.45, 7) is 0. The summed E-state index contributed by atoms with van der Waals surface area (Å²) < 4.78 is 18.9. The van der Waals surface area contributed by atoms with Crippen molar-refractivity contribution in [2.45, 2.75) is 18.5 Å². The fourth-order valence-electron chi connectivity index (χ4n) is 1.99. The van der Waals surface area contributed by atoms with Gasteiger partial charge in [0.1, 0.15) is 11.4 Å². The molecule has 0 bridgehead atoms. The Balaban J connectivity index is 1.61. The molecule has 102 valence electrons. The molecule has 3 rings (SSSR count). The van der Waals surface area contributed by atoms with Crippen molar-refractivity contribution in [1.29, 1.82) is 0 Å². The molecule has 0 aliphatic heterocycles. The number of rotatable bonds is 3. The van der Waals surface area contributed by atoms with E-state index in [1.54, 1.807) is 48.5 Å². The predicted molar refractivity (Wildman–Crippen MR) is 74.6 cm³/mol. The van der Waals surface area contributed by atoms with E-state index in [1.807, 2.05) is 6.07 Å². The van der Waals surface area contributed by atoms with Crippen LogP contribution in [-0.2, 0) is 5.67 Å². The van der Waals surface area contributed by atoms with Gasteiger partial charge < -0.3 is 4.74 Å². The lowest BCUT2D eigenvalue weighted by molar-refractivity contribution is 0.215. The molecule has 0 heterocycles. The molecule has 0 atom stereocenters. The Morgan fingerprint density at radius 2 is 1.70 bits per heavy atom. The average molecular weight is 271 g/mol. The van der Waals surface area contributed by atoms with Gasteiger partial charge in [0.15, 0.2) is 0 Å². The van der Waals surface area contributed by atoms with Gasteiger partial charge in [0, 0.05) is 5.69 Å². The molecule has 2 aromatic carbocycles. The normalized spacial score (nSPS) is 15.4. The Labute approximate surface area is 116 Å². The number of nitrogens with one attached hydrogen (secondary N) is 1. The highest BCUT2D eigenvalue weighted by Gasteiger charge is 2.44. The van der Waals surface area contributed by atoms with Gasteiger partial charge in [-0.2, -0.15) is 0 Å². The van der Waals surface area contributed by atoms with Gasteiger partial charge in [-0.3, -0.25) is 5.32 Å². The Morgan fingerprint density at radius 3 is 2.30 bits per heavy atom. The van der Waals surface area contributed by atoms with Crippen LogP contribution in [0.1, 0.15) is 18.4 Å². The van der Waals surface area contributed by atoms with Crippen molar-refractivity contribution >= 4 is 11.8 Å². The Hall–Kier alpha value is -2.36. The van der Waals surface area contributed by atoms with Crippen LogP contribution >= 0.6 is 0 Å². The van der Waals surface area contributed by atoms with E-state index in [0.717, 1.165) is 0 Å².